The quantitative estimate of drug-likeness (QED) is 0.942. The van der Waals surface area contributed by atoms with Crippen LogP contribution in [0.4, 0.5) is 0 Å². The van der Waals surface area contributed by atoms with E-state index in [0.29, 0.717) is 25.7 Å². The molecule has 0 bridgehead atoms. The molecule has 2 N–H and O–H groups in total. The fourth-order valence-electron chi connectivity index (χ4n) is 3.17. The normalized spacial score (nSPS) is 19.5. The predicted molar refractivity (Wildman–Crippen MR) is 81.1 cm³/mol. The lowest BCUT2D eigenvalue weighted by Gasteiger charge is -2.27. The van der Waals surface area contributed by atoms with E-state index in [1.165, 1.54) is 25.1 Å². The zero-order valence-corrected chi connectivity index (χ0v) is 12.3. The molecule has 21 heavy (non-hydrogen) atoms. The van der Waals surface area contributed by atoms with Gasteiger partial charge in [0.25, 0.3) is 0 Å². The third kappa shape index (κ3) is 1.99. The minimum Gasteiger partial charge on any atom is -0.486 e. The molecule has 2 aromatic rings. The average Bonchev–Trinajstić information content (AvgIpc) is 2.79. The number of benzene rings is 1. The van der Waals surface area contributed by atoms with Crippen LogP contribution in [0.3, 0.4) is 0 Å². The van der Waals surface area contributed by atoms with Crippen molar-refractivity contribution >= 4 is 11.0 Å². The number of ether oxygens (including phenoxy) is 2. The van der Waals surface area contributed by atoms with Crippen LogP contribution < -0.4 is 15.2 Å². The Morgan fingerprint density at radius 3 is 2.62 bits per heavy atom. The van der Waals surface area contributed by atoms with Gasteiger partial charge in [0.1, 0.15) is 19.0 Å². The third-order valence-corrected chi connectivity index (χ3v) is 4.63. The molecule has 1 aliphatic carbocycles. The zero-order chi connectivity index (χ0) is 14.4. The van der Waals surface area contributed by atoms with Gasteiger partial charge >= 0.3 is 0 Å². The van der Waals surface area contributed by atoms with Crippen molar-refractivity contribution < 1.29 is 9.47 Å². The molecule has 4 rings (SSSR count). The Morgan fingerprint density at radius 1 is 1.29 bits per heavy atom. The first kappa shape index (κ1) is 13.0. The number of fused-ring (bicyclic) bond motifs is 2. The highest BCUT2D eigenvalue weighted by molar-refractivity contribution is 5.81. The summed E-state index contributed by atoms with van der Waals surface area (Å²) >= 11 is 0. The molecule has 1 unspecified atom stereocenters. The number of nitrogens with zero attached hydrogens (tertiary/aromatic N) is 2. The topological polar surface area (TPSA) is 62.3 Å². The van der Waals surface area contributed by atoms with E-state index < -0.39 is 0 Å². The first-order valence-electron chi connectivity index (χ1n) is 7.79. The highest BCUT2D eigenvalue weighted by Gasteiger charge is 2.28. The summed E-state index contributed by atoms with van der Waals surface area (Å²) < 4.78 is 13.7. The lowest BCUT2D eigenvalue weighted by Crippen LogP contribution is -2.22. The molecule has 1 saturated carbocycles. The first-order valence-corrected chi connectivity index (χ1v) is 7.79. The lowest BCUT2D eigenvalue weighted by atomic mass is 9.84. The van der Waals surface area contributed by atoms with E-state index in [4.69, 9.17) is 20.2 Å². The molecule has 1 aromatic carbocycles. The smallest absolute Gasteiger partial charge is 0.163 e. The largest absolute Gasteiger partial charge is 0.486 e. The van der Waals surface area contributed by atoms with Crippen molar-refractivity contribution in [2.45, 2.75) is 38.1 Å². The number of nitrogens with two attached hydrogens (primary N) is 1. The lowest BCUT2D eigenvalue weighted by molar-refractivity contribution is 0.172. The van der Waals surface area contributed by atoms with E-state index in [1.54, 1.807) is 0 Å². The van der Waals surface area contributed by atoms with Crippen LogP contribution in [0.1, 0.15) is 44.0 Å². The van der Waals surface area contributed by atoms with Crippen LogP contribution in [0.5, 0.6) is 11.5 Å². The van der Waals surface area contributed by atoms with Crippen LogP contribution >= 0.6 is 0 Å². The number of imidazole rings is 1. The molecular weight excluding hydrogens is 266 g/mol. The number of hydrogen-bond donors (Lipinski definition) is 1. The van der Waals surface area contributed by atoms with Crippen molar-refractivity contribution in [3.63, 3.8) is 0 Å². The van der Waals surface area contributed by atoms with Crippen molar-refractivity contribution in [2.24, 2.45) is 5.73 Å². The van der Waals surface area contributed by atoms with E-state index in [0.717, 1.165) is 22.5 Å². The molecular formula is C16H21N3O2. The monoisotopic (exact) mass is 287 g/mol. The zero-order valence-electron chi connectivity index (χ0n) is 12.3. The highest BCUT2D eigenvalue weighted by Crippen LogP contribution is 2.41. The maximum absolute atomic E-state index is 5.92. The van der Waals surface area contributed by atoms with Crippen LogP contribution in [0.2, 0.25) is 0 Å². The molecule has 0 saturated heterocycles. The maximum Gasteiger partial charge on any atom is 0.163 e. The Kier molecular flexibility index (Phi) is 3.03. The fourth-order valence-corrected chi connectivity index (χ4v) is 3.17. The van der Waals surface area contributed by atoms with Crippen molar-refractivity contribution in [3.05, 3.63) is 18.0 Å². The minimum atomic E-state index is 0.244. The molecule has 0 radical (unpaired) electrons. The Balaban J connectivity index is 1.91. The van der Waals surface area contributed by atoms with Gasteiger partial charge in [-0.3, -0.25) is 0 Å². The SMILES string of the molecule is CC(CN)n1c(C2CCC2)nc2cc3c(cc21)OCCO3. The van der Waals surface area contributed by atoms with Crippen molar-refractivity contribution in [1.82, 2.24) is 9.55 Å². The average molecular weight is 287 g/mol. The summed E-state index contributed by atoms with van der Waals surface area (Å²) in [6, 6.07) is 4.31. The van der Waals surface area contributed by atoms with Crippen molar-refractivity contribution in [1.29, 1.82) is 0 Å². The Labute approximate surface area is 124 Å². The van der Waals surface area contributed by atoms with Gasteiger partial charge in [-0.15, -0.1) is 0 Å². The van der Waals surface area contributed by atoms with Crippen molar-refractivity contribution in [2.75, 3.05) is 19.8 Å². The summed E-state index contributed by atoms with van der Waals surface area (Å²) in [5, 5.41) is 0. The molecule has 112 valence electrons. The van der Waals surface area contributed by atoms with Crippen LogP contribution in [-0.2, 0) is 0 Å². The molecule has 1 aliphatic heterocycles. The number of aromatic nitrogens is 2. The van der Waals surface area contributed by atoms with E-state index in [-0.39, 0.29) is 6.04 Å². The van der Waals surface area contributed by atoms with Gasteiger partial charge in [-0.05, 0) is 19.8 Å². The minimum absolute atomic E-state index is 0.244. The number of hydrogen-bond acceptors (Lipinski definition) is 4. The van der Waals surface area contributed by atoms with Gasteiger partial charge in [-0.2, -0.15) is 0 Å². The van der Waals surface area contributed by atoms with Gasteiger partial charge in [0.15, 0.2) is 11.5 Å². The van der Waals surface area contributed by atoms with Crippen LogP contribution in [0, 0.1) is 0 Å². The molecule has 5 heteroatoms. The summed E-state index contributed by atoms with van der Waals surface area (Å²) in [4.78, 5) is 4.88. The molecule has 0 amide bonds. The van der Waals surface area contributed by atoms with Crippen LogP contribution in [-0.4, -0.2) is 29.3 Å². The Morgan fingerprint density at radius 2 is 2.00 bits per heavy atom. The molecule has 0 spiro atoms. The molecule has 1 aromatic heterocycles. The van der Waals surface area contributed by atoms with Gasteiger partial charge in [-0.1, -0.05) is 6.42 Å². The standard InChI is InChI=1S/C16H21N3O2/c1-10(9-17)19-13-8-15-14(20-5-6-21-15)7-12(13)18-16(19)11-3-2-4-11/h7-8,10-11H,2-6,9,17H2,1H3. The molecule has 1 fully saturated rings. The summed E-state index contributed by atoms with van der Waals surface area (Å²) in [6.45, 7) is 3.97. The number of rotatable bonds is 3. The molecule has 5 nitrogen and oxygen atoms in total. The maximum atomic E-state index is 5.92. The van der Waals surface area contributed by atoms with Gasteiger partial charge in [0, 0.05) is 30.6 Å². The molecule has 2 aliphatic rings. The Hall–Kier alpha value is -1.75. The van der Waals surface area contributed by atoms with E-state index >= 15 is 0 Å². The first-order chi connectivity index (χ1) is 10.3. The Bertz CT molecular complexity index is 676. The highest BCUT2D eigenvalue weighted by atomic mass is 16.6. The van der Waals surface area contributed by atoms with Crippen LogP contribution in [0.15, 0.2) is 12.1 Å². The van der Waals surface area contributed by atoms with Gasteiger partial charge in [0.2, 0.25) is 0 Å². The van der Waals surface area contributed by atoms with Gasteiger partial charge in [-0.25, -0.2) is 4.98 Å². The predicted octanol–water partition coefficient (Wildman–Crippen LogP) is 2.59. The van der Waals surface area contributed by atoms with E-state index in [1.807, 2.05) is 6.07 Å². The second-order valence-corrected chi connectivity index (χ2v) is 6.04. The summed E-state index contributed by atoms with van der Waals surface area (Å²) in [5.74, 6) is 3.38. The van der Waals surface area contributed by atoms with Crippen LogP contribution in [0.25, 0.3) is 11.0 Å². The second kappa shape index (κ2) is 4.91. The van der Waals surface area contributed by atoms with Gasteiger partial charge in [0.05, 0.1) is 11.0 Å². The van der Waals surface area contributed by atoms with E-state index in [2.05, 4.69) is 17.6 Å². The third-order valence-electron chi connectivity index (χ3n) is 4.63. The van der Waals surface area contributed by atoms with E-state index in [9.17, 15) is 0 Å². The summed E-state index contributed by atoms with van der Waals surface area (Å²) in [5.41, 5.74) is 8.01. The fraction of sp³-hybridized carbons (Fsp3) is 0.562. The molecule has 2 heterocycles. The second-order valence-electron chi connectivity index (χ2n) is 6.04. The molecule has 1 atom stereocenters. The summed E-state index contributed by atoms with van der Waals surface area (Å²) in [7, 11) is 0. The van der Waals surface area contributed by atoms with Crippen molar-refractivity contribution in [3.8, 4) is 11.5 Å². The van der Waals surface area contributed by atoms with Gasteiger partial charge < -0.3 is 19.8 Å². The summed E-state index contributed by atoms with van der Waals surface area (Å²) in [6.07, 6.45) is 3.76.